The van der Waals surface area contributed by atoms with Gasteiger partial charge in [0.15, 0.2) is 11.5 Å². The molecule has 166 valence electrons. The fourth-order valence-corrected chi connectivity index (χ4v) is 2.83. The molecule has 1 aliphatic rings. The summed E-state index contributed by atoms with van der Waals surface area (Å²) < 4.78 is 15.9. The van der Waals surface area contributed by atoms with Gasteiger partial charge in [0.25, 0.3) is 0 Å². The Morgan fingerprint density at radius 3 is 2.32 bits per heavy atom. The maximum Gasteiger partial charge on any atom is 0.330 e. The number of aliphatic hydroxyl groups is 3. The van der Waals surface area contributed by atoms with E-state index in [0.717, 1.165) is 6.08 Å². The number of hydrogen-bond acceptors (Lipinski definition) is 10. The standard InChI is InChI=1S/C21H22O10/c22-12-3-5-13(6-4-12)30-21-20(28)19(27)18(26)16(31-21)10-29-17(25)8-2-11-1-7-14(23)15(24)9-11/h1-9,16,18-24,26-28H,10H2. The van der Waals surface area contributed by atoms with Gasteiger partial charge in [0.1, 0.15) is 42.5 Å². The molecule has 10 nitrogen and oxygen atoms in total. The van der Waals surface area contributed by atoms with E-state index < -0.39 is 43.3 Å². The Hall–Kier alpha value is -3.31. The van der Waals surface area contributed by atoms with Gasteiger partial charge < -0.3 is 44.8 Å². The summed E-state index contributed by atoms with van der Waals surface area (Å²) in [4.78, 5) is 11.9. The highest BCUT2D eigenvalue weighted by atomic mass is 16.7. The van der Waals surface area contributed by atoms with E-state index >= 15 is 0 Å². The molecule has 5 unspecified atom stereocenters. The molecule has 0 aromatic heterocycles. The van der Waals surface area contributed by atoms with Gasteiger partial charge in [-0.05, 0) is 48.0 Å². The van der Waals surface area contributed by atoms with Crippen LogP contribution in [0.3, 0.4) is 0 Å². The predicted molar refractivity (Wildman–Crippen MR) is 105 cm³/mol. The van der Waals surface area contributed by atoms with Crippen LogP contribution in [0.15, 0.2) is 48.5 Å². The molecule has 10 heteroatoms. The number of ether oxygens (including phenoxy) is 3. The lowest BCUT2D eigenvalue weighted by atomic mass is 9.99. The lowest BCUT2D eigenvalue weighted by Gasteiger charge is -2.39. The molecule has 0 saturated carbocycles. The second kappa shape index (κ2) is 9.67. The van der Waals surface area contributed by atoms with Crippen molar-refractivity contribution >= 4 is 12.0 Å². The van der Waals surface area contributed by atoms with Gasteiger partial charge in [0.05, 0.1) is 0 Å². The van der Waals surface area contributed by atoms with E-state index in [9.17, 15) is 35.4 Å². The highest BCUT2D eigenvalue weighted by Gasteiger charge is 2.45. The number of phenolic OH excluding ortho intramolecular Hbond substituents is 3. The molecule has 0 aliphatic carbocycles. The van der Waals surface area contributed by atoms with Gasteiger partial charge >= 0.3 is 5.97 Å². The van der Waals surface area contributed by atoms with Crippen molar-refractivity contribution in [1.82, 2.24) is 0 Å². The largest absolute Gasteiger partial charge is 0.508 e. The van der Waals surface area contributed by atoms with Gasteiger partial charge in [-0.2, -0.15) is 0 Å². The topological polar surface area (TPSA) is 166 Å². The number of hydrogen-bond donors (Lipinski definition) is 6. The minimum atomic E-state index is -1.62. The zero-order valence-corrected chi connectivity index (χ0v) is 16.1. The first-order valence-electron chi connectivity index (χ1n) is 9.27. The van der Waals surface area contributed by atoms with Crippen molar-refractivity contribution in [2.45, 2.75) is 30.7 Å². The number of aliphatic hydroxyl groups excluding tert-OH is 3. The van der Waals surface area contributed by atoms with Crippen LogP contribution in [-0.4, -0.2) is 73.9 Å². The van der Waals surface area contributed by atoms with E-state index in [1.807, 2.05) is 0 Å². The Balaban J connectivity index is 1.58. The van der Waals surface area contributed by atoms with Crippen LogP contribution in [0.1, 0.15) is 5.56 Å². The quantitative estimate of drug-likeness (QED) is 0.211. The molecule has 1 fully saturated rings. The molecule has 1 heterocycles. The summed E-state index contributed by atoms with van der Waals surface area (Å²) in [6.45, 7) is -0.440. The minimum absolute atomic E-state index is 0.00766. The van der Waals surface area contributed by atoms with Gasteiger partial charge in [0.2, 0.25) is 6.29 Å². The molecule has 0 radical (unpaired) electrons. The zero-order chi connectivity index (χ0) is 22.5. The van der Waals surface area contributed by atoms with E-state index in [1.165, 1.54) is 48.5 Å². The number of phenols is 3. The third kappa shape index (κ3) is 5.64. The summed E-state index contributed by atoms with van der Waals surface area (Å²) in [5, 5.41) is 58.3. The summed E-state index contributed by atoms with van der Waals surface area (Å²) >= 11 is 0. The number of aromatic hydroxyl groups is 3. The molecule has 3 rings (SSSR count). The first-order valence-corrected chi connectivity index (χ1v) is 9.27. The third-order valence-electron chi connectivity index (χ3n) is 4.56. The highest BCUT2D eigenvalue weighted by Crippen LogP contribution is 2.26. The second-order valence-electron chi connectivity index (χ2n) is 6.84. The molecular weight excluding hydrogens is 412 g/mol. The fraction of sp³-hybridized carbons (Fsp3) is 0.286. The first-order chi connectivity index (χ1) is 14.7. The lowest BCUT2D eigenvalue weighted by Crippen LogP contribution is -2.60. The van der Waals surface area contributed by atoms with Crippen LogP contribution in [0.25, 0.3) is 6.08 Å². The van der Waals surface area contributed by atoms with Gasteiger partial charge in [-0.25, -0.2) is 4.79 Å². The maximum absolute atomic E-state index is 11.9. The normalized spacial score (nSPS) is 26.0. The van der Waals surface area contributed by atoms with Gasteiger partial charge in [0, 0.05) is 6.08 Å². The number of esters is 1. The van der Waals surface area contributed by atoms with Crippen LogP contribution in [-0.2, 0) is 14.3 Å². The molecule has 0 amide bonds. The zero-order valence-electron chi connectivity index (χ0n) is 16.1. The van der Waals surface area contributed by atoms with Crippen molar-refractivity contribution in [2.24, 2.45) is 0 Å². The van der Waals surface area contributed by atoms with Crippen LogP contribution < -0.4 is 4.74 Å². The lowest BCUT2D eigenvalue weighted by molar-refractivity contribution is -0.278. The Morgan fingerprint density at radius 2 is 1.65 bits per heavy atom. The van der Waals surface area contributed by atoms with Crippen LogP contribution in [0.4, 0.5) is 0 Å². The van der Waals surface area contributed by atoms with Crippen molar-refractivity contribution in [3.8, 4) is 23.0 Å². The van der Waals surface area contributed by atoms with E-state index in [1.54, 1.807) is 0 Å². The van der Waals surface area contributed by atoms with E-state index in [4.69, 9.17) is 14.2 Å². The van der Waals surface area contributed by atoms with Crippen LogP contribution in [0.2, 0.25) is 0 Å². The molecule has 1 aliphatic heterocycles. The smallest absolute Gasteiger partial charge is 0.330 e. The Morgan fingerprint density at radius 1 is 0.935 bits per heavy atom. The molecule has 31 heavy (non-hydrogen) atoms. The van der Waals surface area contributed by atoms with Gasteiger partial charge in [-0.3, -0.25) is 0 Å². The highest BCUT2D eigenvalue weighted by molar-refractivity contribution is 5.87. The molecule has 2 aromatic carbocycles. The Bertz CT molecular complexity index is 926. The van der Waals surface area contributed by atoms with Crippen molar-refractivity contribution in [2.75, 3.05) is 6.61 Å². The molecule has 1 saturated heterocycles. The fourth-order valence-electron chi connectivity index (χ4n) is 2.83. The van der Waals surface area contributed by atoms with Gasteiger partial charge in [-0.1, -0.05) is 6.07 Å². The van der Waals surface area contributed by atoms with Crippen LogP contribution >= 0.6 is 0 Å². The minimum Gasteiger partial charge on any atom is -0.508 e. The molecule has 0 spiro atoms. The first kappa shape index (κ1) is 22.4. The summed E-state index contributed by atoms with van der Waals surface area (Å²) in [5.41, 5.74) is 0.433. The predicted octanol–water partition coefficient (Wildman–Crippen LogP) is 0.246. The maximum atomic E-state index is 11.9. The number of benzene rings is 2. The van der Waals surface area contributed by atoms with Crippen LogP contribution in [0, 0.1) is 0 Å². The summed E-state index contributed by atoms with van der Waals surface area (Å²) in [7, 11) is 0. The molecular formula is C21H22O10. The monoisotopic (exact) mass is 434 g/mol. The molecule has 0 bridgehead atoms. The van der Waals surface area contributed by atoms with Crippen molar-refractivity contribution < 1.29 is 49.6 Å². The van der Waals surface area contributed by atoms with Gasteiger partial charge in [-0.15, -0.1) is 0 Å². The van der Waals surface area contributed by atoms with Crippen molar-refractivity contribution in [3.63, 3.8) is 0 Å². The average Bonchev–Trinajstić information content (AvgIpc) is 2.75. The van der Waals surface area contributed by atoms with Crippen LogP contribution in [0.5, 0.6) is 23.0 Å². The molecule has 6 N–H and O–H groups in total. The Kier molecular flexibility index (Phi) is 6.98. The van der Waals surface area contributed by atoms with E-state index in [0.29, 0.717) is 5.56 Å². The van der Waals surface area contributed by atoms with Crippen molar-refractivity contribution in [1.29, 1.82) is 0 Å². The average molecular weight is 434 g/mol. The SMILES string of the molecule is O=C(C=Cc1ccc(O)c(O)c1)OCC1OC(Oc2ccc(O)cc2)C(O)C(O)C1O. The van der Waals surface area contributed by atoms with E-state index in [-0.39, 0.29) is 23.0 Å². The summed E-state index contributed by atoms with van der Waals surface area (Å²) in [5.74, 6) is -1.19. The van der Waals surface area contributed by atoms with Crippen molar-refractivity contribution in [3.05, 3.63) is 54.1 Å². The Labute approximate surface area is 176 Å². The second-order valence-corrected chi connectivity index (χ2v) is 6.84. The molecule has 2 aromatic rings. The number of carbonyl (C=O) groups excluding carboxylic acids is 1. The number of carbonyl (C=O) groups is 1. The summed E-state index contributed by atoms with van der Waals surface area (Å²) in [6, 6.07) is 9.53. The number of rotatable bonds is 6. The van der Waals surface area contributed by atoms with E-state index in [2.05, 4.69) is 0 Å². The molecule has 5 atom stereocenters. The summed E-state index contributed by atoms with van der Waals surface area (Å²) in [6.07, 6.45) is -4.86. The third-order valence-corrected chi connectivity index (χ3v) is 4.56.